The van der Waals surface area contributed by atoms with E-state index in [1.54, 1.807) is 0 Å². The highest BCUT2D eigenvalue weighted by Gasteiger charge is 2.26. The lowest BCUT2D eigenvalue weighted by molar-refractivity contribution is 0.230. The maximum atomic E-state index is 6.34. The highest BCUT2D eigenvalue weighted by molar-refractivity contribution is 6.31. The fraction of sp³-hybridized carbons (Fsp3) is 0.786. The number of halogens is 1. The summed E-state index contributed by atoms with van der Waals surface area (Å²) in [6.07, 6.45) is 2.55. The lowest BCUT2D eigenvalue weighted by atomic mass is 10.2. The quantitative estimate of drug-likeness (QED) is 0.901. The van der Waals surface area contributed by atoms with Gasteiger partial charge in [0, 0.05) is 32.2 Å². The third-order valence-electron chi connectivity index (χ3n) is 3.88. The van der Waals surface area contributed by atoms with Crippen molar-refractivity contribution < 1.29 is 0 Å². The molecule has 0 aliphatic carbocycles. The predicted molar refractivity (Wildman–Crippen MR) is 79.5 cm³/mol. The van der Waals surface area contributed by atoms with Crippen molar-refractivity contribution in [3.05, 3.63) is 16.4 Å². The van der Waals surface area contributed by atoms with Crippen molar-refractivity contribution in [2.45, 2.75) is 52.2 Å². The molecule has 108 valence electrons. The normalized spacial score (nSPS) is 20.6. The molecule has 1 aliphatic heterocycles. The number of nitrogens with zero attached hydrogens (tertiary/aromatic N) is 3. The fourth-order valence-corrected chi connectivity index (χ4v) is 2.97. The van der Waals surface area contributed by atoms with Crippen LogP contribution in [0.1, 0.15) is 38.1 Å². The molecular weight excluding hydrogens is 260 g/mol. The topological polar surface area (TPSA) is 33.1 Å². The maximum Gasteiger partial charge on any atom is 0.0860 e. The zero-order valence-corrected chi connectivity index (χ0v) is 13.2. The Labute approximate surface area is 121 Å². The number of nitrogens with one attached hydrogen (secondary N) is 1. The number of hydrogen-bond acceptors (Lipinski definition) is 3. The summed E-state index contributed by atoms with van der Waals surface area (Å²) in [5, 5.41) is 8.76. The second-order valence-corrected chi connectivity index (χ2v) is 6.18. The van der Waals surface area contributed by atoms with Gasteiger partial charge in [-0.3, -0.25) is 9.58 Å². The van der Waals surface area contributed by atoms with E-state index in [0.29, 0.717) is 12.1 Å². The average Bonchev–Trinajstić information content (AvgIpc) is 2.87. The molecule has 5 heteroatoms. The van der Waals surface area contributed by atoms with Gasteiger partial charge in [0.25, 0.3) is 0 Å². The van der Waals surface area contributed by atoms with Gasteiger partial charge in [0.15, 0.2) is 0 Å². The van der Waals surface area contributed by atoms with Crippen LogP contribution in [-0.4, -0.2) is 39.9 Å². The van der Waals surface area contributed by atoms with Crippen LogP contribution in [0, 0.1) is 6.92 Å². The monoisotopic (exact) mass is 284 g/mol. The Kier molecular flexibility index (Phi) is 4.87. The predicted octanol–water partition coefficient (Wildman–Crippen LogP) is 2.34. The zero-order chi connectivity index (χ0) is 14.0. The minimum absolute atomic E-state index is 0.546. The first-order chi connectivity index (χ1) is 8.99. The summed E-state index contributed by atoms with van der Waals surface area (Å²) in [5.74, 6) is 0. The van der Waals surface area contributed by atoms with Gasteiger partial charge in [0.1, 0.15) is 0 Å². The van der Waals surface area contributed by atoms with E-state index in [2.05, 4.69) is 29.2 Å². The summed E-state index contributed by atoms with van der Waals surface area (Å²) >= 11 is 6.34. The lowest BCUT2D eigenvalue weighted by Crippen LogP contribution is -2.40. The van der Waals surface area contributed by atoms with Crippen LogP contribution in [0.3, 0.4) is 0 Å². The number of aryl methyl sites for hydroxylation is 2. The number of likely N-dealkylation sites (tertiary alicyclic amines) is 1. The molecule has 0 radical (unpaired) electrons. The van der Waals surface area contributed by atoms with Crippen LogP contribution in [0.5, 0.6) is 0 Å². The minimum atomic E-state index is 0.546. The van der Waals surface area contributed by atoms with E-state index in [9.17, 15) is 0 Å². The van der Waals surface area contributed by atoms with Crippen LogP contribution < -0.4 is 5.32 Å². The van der Waals surface area contributed by atoms with E-state index < -0.39 is 0 Å². The molecule has 4 nitrogen and oxygen atoms in total. The molecule has 1 atom stereocenters. The smallest absolute Gasteiger partial charge is 0.0860 e. The Morgan fingerprint density at radius 1 is 1.47 bits per heavy atom. The molecule has 1 aromatic rings. The second-order valence-electron chi connectivity index (χ2n) is 5.80. The molecular formula is C14H25ClN4. The second kappa shape index (κ2) is 6.25. The van der Waals surface area contributed by atoms with Gasteiger partial charge in [-0.05, 0) is 26.3 Å². The first kappa shape index (κ1) is 14.8. The van der Waals surface area contributed by atoms with Crippen LogP contribution in [0.4, 0.5) is 0 Å². The molecule has 19 heavy (non-hydrogen) atoms. The highest BCUT2D eigenvalue weighted by atomic mass is 35.5. The molecule has 0 saturated carbocycles. The Morgan fingerprint density at radius 2 is 2.21 bits per heavy atom. The van der Waals surface area contributed by atoms with Gasteiger partial charge in [-0.1, -0.05) is 25.4 Å². The van der Waals surface area contributed by atoms with E-state index in [1.807, 2.05) is 18.7 Å². The van der Waals surface area contributed by atoms with E-state index >= 15 is 0 Å². The molecule has 1 aliphatic rings. The largest absolute Gasteiger partial charge is 0.313 e. The molecule has 1 saturated heterocycles. The first-order valence-electron chi connectivity index (χ1n) is 7.14. The third kappa shape index (κ3) is 3.50. The SMILES string of the molecule is Cc1nn(C)c(CN2CCCC2CNC(C)C)c1Cl. The first-order valence-corrected chi connectivity index (χ1v) is 7.52. The van der Waals surface area contributed by atoms with E-state index in [-0.39, 0.29) is 0 Å². The van der Waals surface area contributed by atoms with Crippen molar-refractivity contribution >= 4 is 11.6 Å². The molecule has 0 amide bonds. The summed E-state index contributed by atoms with van der Waals surface area (Å²) in [7, 11) is 1.98. The summed E-state index contributed by atoms with van der Waals surface area (Å²) in [6.45, 7) is 9.48. The van der Waals surface area contributed by atoms with Gasteiger partial charge in [0.2, 0.25) is 0 Å². The molecule has 2 heterocycles. The van der Waals surface area contributed by atoms with Crippen molar-refractivity contribution in [3.63, 3.8) is 0 Å². The van der Waals surface area contributed by atoms with Crippen molar-refractivity contribution in [1.29, 1.82) is 0 Å². The number of aromatic nitrogens is 2. The highest BCUT2D eigenvalue weighted by Crippen LogP contribution is 2.25. The maximum absolute atomic E-state index is 6.34. The van der Waals surface area contributed by atoms with Crippen LogP contribution in [0.25, 0.3) is 0 Å². The van der Waals surface area contributed by atoms with Crippen LogP contribution >= 0.6 is 11.6 Å². The molecule has 1 fully saturated rings. The van der Waals surface area contributed by atoms with Crippen LogP contribution in [-0.2, 0) is 13.6 Å². The molecule has 1 aromatic heterocycles. The number of rotatable bonds is 5. The Hall–Kier alpha value is -0.580. The summed E-state index contributed by atoms with van der Waals surface area (Å²) in [6, 6.07) is 1.17. The van der Waals surface area contributed by atoms with Gasteiger partial charge in [-0.15, -0.1) is 0 Å². The average molecular weight is 285 g/mol. The van der Waals surface area contributed by atoms with E-state index in [0.717, 1.165) is 36.0 Å². The molecule has 0 spiro atoms. The summed E-state index contributed by atoms with van der Waals surface area (Å²) in [5.41, 5.74) is 2.06. The minimum Gasteiger partial charge on any atom is -0.313 e. The molecule has 0 bridgehead atoms. The molecule has 0 aromatic carbocycles. The van der Waals surface area contributed by atoms with Gasteiger partial charge in [0.05, 0.1) is 16.4 Å². The van der Waals surface area contributed by atoms with Crippen LogP contribution in [0.15, 0.2) is 0 Å². The van der Waals surface area contributed by atoms with Gasteiger partial charge >= 0.3 is 0 Å². The Morgan fingerprint density at radius 3 is 2.79 bits per heavy atom. The van der Waals surface area contributed by atoms with Gasteiger partial charge in [-0.25, -0.2) is 0 Å². The van der Waals surface area contributed by atoms with E-state index in [4.69, 9.17) is 11.6 Å². The van der Waals surface area contributed by atoms with Crippen LogP contribution in [0.2, 0.25) is 5.02 Å². The summed E-state index contributed by atoms with van der Waals surface area (Å²) in [4.78, 5) is 2.53. The molecule has 1 unspecified atom stereocenters. The van der Waals surface area contributed by atoms with Crippen molar-refractivity contribution in [1.82, 2.24) is 20.0 Å². The van der Waals surface area contributed by atoms with Crippen molar-refractivity contribution in [2.24, 2.45) is 7.05 Å². The zero-order valence-electron chi connectivity index (χ0n) is 12.4. The lowest BCUT2D eigenvalue weighted by Gasteiger charge is -2.25. The standard InChI is InChI=1S/C14H25ClN4/c1-10(2)16-8-12-6-5-7-19(12)9-13-14(15)11(3)17-18(13)4/h10,12,16H,5-9H2,1-4H3. The van der Waals surface area contributed by atoms with Crippen molar-refractivity contribution in [2.75, 3.05) is 13.1 Å². The Balaban J connectivity index is 2.01. The van der Waals surface area contributed by atoms with Crippen molar-refractivity contribution in [3.8, 4) is 0 Å². The van der Waals surface area contributed by atoms with E-state index in [1.165, 1.54) is 12.8 Å². The summed E-state index contributed by atoms with van der Waals surface area (Å²) < 4.78 is 1.92. The fourth-order valence-electron chi connectivity index (χ4n) is 2.75. The van der Waals surface area contributed by atoms with Gasteiger partial charge in [-0.2, -0.15) is 5.10 Å². The number of hydrogen-bond donors (Lipinski definition) is 1. The third-order valence-corrected chi connectivity index (χ3v) is 4.37. The molecule has 1 N–H and O–H groups in total. The molecule has 2 rings (SSSR count). The van der Waals surface area contributed by atoms with Gasteiger partial charge < -0.3 is 5.32 Å². The Bertz CT molecular complexity index is 427.